The predicted molar refractivity (Wildman–Crippen MR) is 126 cm³/mol. The summed E-state index contributed by atoms with van der Waals surface area (Å²) in [6.45, 7) is 3.66. The summed E-state index contributed by atoms with van der Waals surface area (Å²) >= 11 is 6.08. The zero-order valence-electron chi connectivity index (χ0n) is 17.5. The van der Waals surface area contributed by atoms with Gasteiger partial charge in [0.05, 0.1) is 11.4 Å². The topological polar surface area (TPSA) is 98.1 Å². The van der Waals surface area contributed by atoms with Crippen molar-refractivity contribution in [2.45, 2.75) is 32.2 Å². The lowest BCUT2D eigenvalue weighted by Crippen LogP contribution is -2.43. The summed E-state index contributed by atoms with van der Waals surface area (Å²) in [6.07, 6.45) is 5.73. The molecule has 31 heavy (non-hydrogen) atoms. The van der Waals surface area contributed by atoms with E-state index in [0.717, 1.165) is 48.3 Å². The molecule has 1 aromatic carbocycles. The van der Waals surface area contributed by atoms with Crippen LogP contribution in [0.15, 0.2) is 48.8 Å². The van der Waals surface area contributed by atoms with Crippen LogP contribution in [0.5, 0.6) is 0 Å². The van der Waals surface area contributed by atoms with Gasteiger partial charge in [0, 0.05) is 59.8 Å². The van der Waals surface area contributed by atoms with Crippen LogP contribution < -0.4 is 16.4 Å². The molecule has 160 valence electrons. The van der Waals surface area contributed by atoms with E-state index in [-0.39, 0.29) is 23.9 Å². The molecule has 3 heterocycles. The van der Waals surface area contributed by atoms with Gasteiger partial charge in [0.2, 0.25) is 0 Å². The number of rotatable bonds is 5. The molecule has 4 N–H and O–H groups in total. The number of carbonyl (C=O) groups excluding carboxylic acids is 1. The molecule has 0 aliphatic carbocycles. The lowest BCUT2D eigenvalue weighted by molar-refractivity contribution is 0.0989. The Bertz CT molecular complexity index is 1120. The number of nitrogens with two attached hydrogens (primary N) is 2. The Hall–Kier alpha value is -2.96. The first-order valence-corrected chi connectivity index (χ1v) is 10.8. The van der Waals surface area contributed by atoms with E-state index in [4.69, 9.17) is 23.1 Å². The van der Waals surface area contributed by atoms with Gasteiger partial charge in [-0.3, -0.25) is 9.78 Å². The number of benzene rings is 1. The third-order valence-electron chi connectivity index (χ3n) is 5.68. The maximum Gasteiger partial charge on any atom is 0.187 e. The van der Waals surface area contributed by atoms with E-state index in [1.807, 2.05) is 37.3 Å². The Morgan fingerprint density at radius 3 is 2.87 bits per heavy atom. The number of anilines is 2. The molecule has 1 atom stereocenters. The number of aromatic nitrogens is 2. The van der Waals surface area contributed by atoms with Gasteiger partial charge in [0.1, 0.15) is 5.69 Å². The quantitative estimate of drug-likeness (QED) is 0.587. The normalized spacial score (nSPS) is 16.4. The van der Waals surface area contributed by atoms with Crippen LogP contribution in [0, 0.1) is 6.92 Å². The highest BCUT2D eigenvalue weighted by molar-refractivity contribution is 6.30. The number of ketones is 1. The molecule has 0 unspecified atom stereocenters. The maximum atomic E-state index is 13.2. The number of Topliss-reactive ketones (excluding diaryl/α,β-unsaturated/α-hetero) is 1. The SMILES string of the molecule is Cc1cc(Cl)ccc1-c1ccc(N)c(C(=O)Cc2cnccc2N2CCC[C@H](N)C2)n1. The molecule has 4 rings (SSSR count). The summed E-state index contributed by atoms with van der Waals surface area (Å²) in [5.41, 5.74) is 17.4. The molecule has 0 saturated carbocycles. The lowest BCUT2D eigenvalue weighted by atomic mass is 10.0. The summed E-state index contributed by atoms with van der Waals surface area (Å²) in [5.74, 6) is -0.137. The third-order valence-corrected chi connectivity index (χ3v) is 5.92. The van der Waals surface area contributed by atoms with Crippen LogP contribution in [0.2, 0.25) is 5.02 Å². The molecule has 0 spiro atoms. The van der Waals surface area contributed by atoms with Crippen molar-refractivity contribution >= 4 is 28.8 Å². The summed E-state index contributed by atoms with van der Waals surface area (Å²) in [5, 5.41) is 0.662. The van der Waals surface area contributed by atoms with Crippen LogP contribution in [-0.4, -0.2) is 34.9 Å². The maximum absolute atomic E-state index is 13.2. The number of carbonyl (C=O) groups is 1. The fourth-order valence-electron chi connectivity index (χ4n) is 4.11. The molecular formula is C24H26ClN5O. The van der Waals surface area contributed by atoms with Gasteiger partial charge < -0.3 is 16.4 Å². The number of halogens is 1. The zero-order chi connectivity index (χ0) is 22.0. The second-order valence-corrected chi connectivity index (χ2v) is 8.48. The molecule has 1 aliphatic rings. The van der Waals surface area contributed by atoms with Crippen molar-refractivity contribution < 1.29 is 4.79 Å². The van der Waals surface area contributed by atoms with E-state index in [1.54, 1.807) is 18.5 Å². The number of piperidine rings is 1. The Morgan fingerprint density at radius 1 is 1.26 bits per heavy atom. The summed E-state index contributed by atoms with van der Waals surface area (Å²) in [6, 6.07) is 11.2. The highest BCUT2D eigenvalue weighted by Gasteiger charge is 2.22. The fourth-order valence-corrected chi connectivity index (χ4v) is 4.33. The number of aryl methyl sites for hydroxylation is 1. The van der Waals surface area contributed by atoms with Crippen LogP contribution in [0.4, 0.5) is 11.4 Å². The highest BCUT2D eigenvalue weighted by atomic mass is 35.5. The van der Waals surface area contributed by atoms with Crippen LogP contribution in [0.3, 0.4) is 0 Å². The van der Waals surface area contributed by atoms with Gasteiger partial charge in [0.25, 0.3) is 0 Å². The van der Waals surface area contributed by atoms with E-state index in [9.17, 15) is 4.79 Å². The van der Waals surface area contributed by atoms with Crippen molar-refractivity contribution in [3.8, 4) is 11.3 Å². The highest BCUT2D eigenvalue weighted by Crippen LogP contribution is 2.28. The Morgan fingerprint density at radius 2 is 2.10 bits per heavy atom. The molecule has 2 aromatic heterocycles. The minimum Gasteiger partial charge on any atom is -0.397 e. The minimum atomic E-state index is -0.137. The van der Waals surface area contributed by atoms with Gasteiger partial charge >= 0.3 is 0 Å². The molecule has 0 bridgehead atoms. The first kappa shape index (κ1) is 21.3. The van der Waals surface area contributed by atoms with Crippen molar-refractivity contribution in [2.75, 3.05) is 23.7 Å². The van der Waals surface area contributed by atoms with E-state index < -0.39 is 0 Å². The van der Waals surface area contributed by atoms with Gasteiger partial charge in [-0.15, -0.1) is 0 Å². The van der Waals surface area contributed by atoms with E-state index in [0.29, 0.717) is 16.4 Å². The molecule has 1 fully saturated rings. The second-order valence-electron chi connectivity index (χ2n) is 8.05. The standard InChI is InChI=1S/C24H26ClN5O/c1-15-11-17(25)4-5-19(15)21-7-6-20(27)24(29-21)23(31)12-16-13-28-9-8-22(16)30-10-2-3-18(26)14-30/h4-9,11,13,18H,2-3,10,12,14,26-27H2,1H3/t18-/m0/s1. The summed E-state index contributed by atoms with van der Waals surface area (Å²) in [4.78, 5) is 24.3. The molecule has 1 saturated heterocycles. The third kappa shape index (κ3) is 4.70. The first-order chi connectivity index (χ1) is 14.9. The summed E-state index contributed by atoms with van der Waals surface area (Å²) < 4.78 is 0. The minimum absolute atomic E-state index is 0.137. The van der Waals surface area contributed by atoms with E-state index in [1.165, 1.54) is 0 Å². The van der Waals surface area contributed by atoms with Crippen LogP contribution >= 0.6 is 11.6 Å². The van der Waals surface area contributed by atoms with Crippen molar-refractivity contribution in [1.82, 2.24) is 9.97 Å². The van der Waals surface area contributed by atoms with Gasteiger partial charge in [-0.05, 0) is 55.7 Å². The smallest absolute Gasteiger partial charge is 0.187 e. The van der Waals surface area contributed by atoms with Crippen LogP contribution in [-0.2, 0) is 6.42 Å². The van der Waals surface area contributed by atoms with Gasteiger partial charge in [-0.25, -0.2) is 4.98 Å². The van der Waals surface area contributed by atoms with Gasteiger partial charge in [-0.2, -0.15) is 0 Å². The number of nitrogen functional groups attached to an aromatic ring is 1. The molecule has 0 amide bonds. The number of hydrogen-bond donors (Lipinski definition) is 2. The number of pyridine rings is 2. The van der Waals surface area contributed by atoms with Crippen molar-refractivity contribution in [3.63, 3.8) is 0 Å². The zero-order valence-corrected chi connectivity index (χ0v) is 18.3. The molecule has 1 aliphatic heterocycles. The van der Waals surface area contributed by atoms with Crippen LogP contribution in [0.1, 0.15) is 34.5 Å². The Labute approximate surface area is 187 Å². The summed E-state index contributed by atoms with van der Waals surface area (Å²) in [7, 11) is 0. The molecule has 0 radical (unpaired) electrons. The van der Waals surface area contributed by atoms with E-state index >= 15 is 0 Å². The average Bonchev–Trinajstić information content (AvgIpc) is 2.75. The Balaban J connectivity index is 1.63. The average molecular weight is 436 g/mol. The van der Waals surface area contributed by atoms with E-state index in [2.05, 4.69) is 14.9 Å². The predicted octanol–water partition coefficient (Wildman–Crippen LogP) is 4.04. The van der Waals surface area contributed by atoms with Crippen molar-refractivity contribution in [3.05, 3.63) is 70.6 Å². The van der Waals surface area contributed by atoms with Crippen molar-refractivity contribution in [2.24, 2.45) is 5.73 Å². The molecule has 6 nitrogen and oxygen atoms in total. The molecule has 3 aromatic rings. The van der Waals surface area contributed by atoms with Gasteiger partial charge in [0.15, 0.2) is 5.78 Å². The lowest BCUT2D eigenvalue weighted by Gasteiger charge is -2.33. The number of hydrogen-bond acceptors (Lipinski definition) is 6. The second kappa shape index (κ2) is 9.04. The Kier molecular flexibility index (Phi) is 6.20. The van der Waals surface area contributed by atoms with Crippen molar-refractivity contribution in [1.29, 1.82) is 0 Å². The largest absolute Gasteiger partial charge is 0.397 e. The molecular weight excluding hydrogens is 410 g/mol. The first-order valence-electron chi connectivity index (χ1n) is 10.4. The monoisotopic (exact) mass is 435 g/mol. The number of nitrogens with zero attached hydrogens (tertiary/aromatic N) is 3. The fraction of sp³-hybridized carbons (Fsp3) is 0.292. The molecule has 7 heteroatoms. The van der Waals surface area contributed by atoms with Gasteiger partial charge in [-0.1, -0.05) is 17.7 Å². The van der Waals surface area contributed by atoms with Crippen LogP contribution in [0.25, 0.3) is 11.3 Å².